The third-order valence-corrected chi connectivity index (χ3v) is 6.76. The van der Waals surface area contributed by atoms with Crippen molar-refractivity contribution >= 4 is 23.0 Å². The SMILES string of the molecule is Cc1cn(C)nc1C(Nc1c(Nc2ccnc(C(=O)N(C)C)c2O)c(=O)c1=O)C1(C)CCCC1.O. The van der Waals surface area contributed by atoms with Gasteiger partial charge in [-0.2, -0.15) is 5.10 Å². The first-order valence-corrected chi connectivity index (χ1v) is 11.3. The maximum atomic E-state index is 12.6. The summed E-state index contributed by atoms with van der Waals surface area (Å²) >= 11 is 0. The summed E-state index contributed by atoms with van der Waals surface area (Å²) in [5, 5.41) is 21.4. The van der Waals surface area contributed by atoms with Gasteiger partial charge in [-0.25, -0.2) is 4.98 Å². The molecule has 1 unspecified atom stereocenters. The zero-order chi connectivity index (χ0) is 24.8. The van der Waals surface area contributed by atoms with Crippen LogP contribution in [0.15, 0.2) is 28.0 Å². The monoisotopic (exact) mass is 484 g/mol. The van der Waals surface area contributed by atoms with Gasteiger partial charge in [-0.1, -0.05) is 19.8 Å². The second-order valence-electron chi connectivity index (χ2n) is 9.60. The van der Waals surface area contributed by atoms with Crippen LogP contribution in [-0.2, 0) is 7.05 Å². The lowest BCUT2D eigenvalue weighted by Crippen LogP contribution is -2.40. The Kier molecular flexibility index (Phi) is 7.02. The Balaban J connectivity index is 0.00000342. The lowest BCUT2D eigenvalue weighted by atomic mass is 9.78. The van der Waals surface area contributed by atoms with E-state index in [9.17, 15) is 19.5 Å². The summed E-state index contributed by atoms with van der Waals surface area (Å²) in [6, 6.07) is 1.18. The summed E-state index contributed by atoms with van der Waals surface area (Å²) in [6.45, 7) is 4.16. The van der Waals surface area contributed by atoms with Gasteiger partial charge in [0.2, 0.25) is 0 Å². The summed E-state index contributed by atoms with van der Waals surface area (Å²) in [5.74, 6) is -0.871. The largest absolute Gasteiger partial charge is 0.504 e. The first-order chi connectivity index (χ1) is 16.0. The van der Waals surface area contributed by atoms with Gasteiger partial charge in [0.15, 0.2) is 11.4 Å². The van der Waals surface area contributed by atoms with Gasteiger partial charge in [-0.3, -0.25) is 19.1 Å². The minimum Gasteiger partial charge on any atom is -0.504 e. The van der Waals surface area contributed by atoms with Crippen LogP contribution in [0, 0.1) is 12.3 Å². The van der Waals surface area contributed by atoms with Crippen molar-refractivity contribution in [1.82, 2.24) is 19.7 Å². The Morgan fingerprint density at radius 3 is 2.40 bits per heavy atom. The van der Waals surface area contributed by atoms with Crippen molar-refractivity contribution in [2.75, 3.05) is 24.7 Å². The number of hydrogen-bond acceptors (Lipinski definition) is 8. The molecule has 35 heavy (non-hydrogen) atoms. The standard InChI is InChI=1S/C24H30N6O4.H2O/c1-13-12-30(5)28-15(13)22(24(2)9-6-7-10-24)27-17-16(20(32)21(17)33)26-14-8-11-25-18(19(14)31)23(34)29(3)4;/h8,11-12,22,27,31H,6-7,9-10H2,1-5H3,(H,25,26);1H2. The van der Waals surface area contributed by atoms with Crippen molar-refractivity contribution in [3.63, 3.8) is 0 Å². The van der Waals surface area contributed by atoms with E-state index in [0.717, 1.165) is 36.9 Å². The average Bonchev–Trinajstić information content (AvgIpc) is 3.38. The summed E-state index contributed by atoms with van der Waals surface area (Å²) in [7, 11) is 4.95. The summed E-state index contributed by atoms with van der Waals surface area (Å²) in [6.07, 6.45) is 7.41. The van der Waals surface area contributed by atoms with E-state index < -0.39 is 16.8 Å². The van der Waals surface area contributed by atoms with Crippen molar-refractivity contribution in [1.29, 1.82) is 0 Å². The normalized spacial score (nSPS) is 15.5. The first-order valence-electron chi connectivity index (χ1n) is 11.3. The topological polar surface area (TPSA) is 161 Å². The van der Waals surface area contributed by atoms with Crippen molar-refractivity contribution in [2.45, 2.75) is 45.6 Å². The molecule has 2 heterocycles. The van der Waals surface area contributed by atoms with Gasteiger partial charge in [-0.15, -0.1) is 0 Å². The molecule has 3 aromatic rings. The van der Waals surface area contributed by atoms with E-state index in [0.29, 0.717) is 0 Å². The molecule has 1 atom stereocenters. The zero-order valence-electron chi connectivity index (χ0n) is 20.6. The van der Waals surface area contributed by atoms with E-state index in [-0.39, 0.29) is 45.4 Å². The van der Waals surface area contributed by atoms with E-state index in [2.05, 4.69) is 27.6 Å². The highest BCUT2D eigenvalue weighted by Gasteiger charge is 2.41. The van der Waals surface area contributed by atoms with E-state index in [1.807, 2.05) is 20.2 Å². The molecule has 0 radical (unpaired) electrons. The van der Waals surface area contributed by atoms with Gasteiger partial charge in [-0.05, 0) is 36.8 Å². The fraction of sp³-hybridized carbons (Fsp3) is 0.458. The molecule has 2 aromatic heterocycles. The van der Waals surface area contributed by atoms with E-state index in [1.165, 1.54) is 17.2 Å². The number of anilines is 3. The van der Waals surface area contributed by atoms with Gasteiger partial charge in [0.25, 0.3) is 16.8 Å². The second-order valence-corrected chi connectivity index (χ2v) is 9.60. The number of amides is 1. The quantitative estimate of drug-likeness (QED) is 0.428. The molecule has 11 heteroatoms. The molecule has 4 rings (SSSR count). The van der Waals surface area contributed by atoms with Crippen LogP contribution in [-0.4, -0.2) is 50.2 Å². The number of aryl methyl sites for hydroxylation is 2. The van der Waals surface area contributed by atoms with Crippen LogP contribution in [0.2, 0.25) is 0 Å². The fourth-order valence-electron chi connectivity index (χ4n) is 4.80. The maximum Gasteiger partial charge on any atom is 0.275 e. The molecule has 5 N–H and O–H groups in total. The summed E-state index contributed by atoms with van der Waals surface area (Å²) < 4.78 is 1.75. The Morgan fingerprint density at radius 2 is 1.83 bits per heavy atom. The highest BCUT2D eigenvalue weighted by molar-refractivity contribution is 5.97. The molecular weight excluding hydrogens is 452 g/mol. The Hall–Kier alpha value is -3.73. The molecular formula is C24H32N6O5. The number of aromatic nitrogens is 3. The first kappa shape index (κ1) is 25.9. The zero-order valence-corrected chi connectivity index (χ0v) is 20.6. The molecule has 0 bridgehead atoms. The highest BCUT2D eigenvalue weighted by atomic mass is 16.3. The predicted molar refractivity (Wildman–Crippen MR) is 133 cm³/mol. The van der Waals surface area contributed by atoms with Gasteiger partial charge in [0.05, 0.1) is 17.4 Å². The van der Waals surface area contributed by atoms with Crippen molar-refractivity contribution in [2.24, 2.45) is 12.5 Å². The van der Waals surface area contributed by atoms with Crippen molar-refractivity contribution in [3.05, 3.63) is 55.9 Å². The van der Waals surface area contributed by atoms with Gasteiger partial charge >= 0.3 is 0 Å². The Labute approximate surface area is 202 Å². The number of pyridine rings is 1. The van der Waals surface area contributed by atoms with Crippen LogP contribution in [0.4, 0.5) is 17.1 Å². The Morgan fingerprint density at radius 1 is 1.20 bits per heavy atom. The third-order valence-electron chi connectivity index (χ3n) is 6.76. The van der Waals surface area contributed by atoms with Gasteiger partial charge in [0.1, 0.15) is 11.4 Å². The van der Waals surface area contributed by atoms with Gasteiger partial charge in [0, 0.05) is 33.5 Å². The number of nitrogens with one attached hydrogen (secondary N) is 2. The molecule has 0 aliphatic heterocycles. The summed E-state index contributed by atoms with van der Waals surface area (Å²) in [4.78, 5) is 42.7. The molecule has 1 fully saturated rings. The van der Waals surface area contributed by atoms with Gasteiger partial charge < -0.3 is 26.1 Å². The van der Waals surface area contributed by atoms with Crippen LogP contribution in [0.5, 0.6) is 5.75 Å². The number of carbonyl (C=O) groups excluding carboxylic acids is 1. The van der Waals surface area contributed by atoms with Crippen LogP contribution in [0.25, 0.3) is 0 Å². The average molecular weight is 485 g/mol. The lowest BCUT2D eigenvalue weighted by molar-refractivity contribution is 0.0819. The lowest BCUT2D eigenvalue weighted by Gasteiger charge is -2.35. The number of aromatic hydroxyl groups is 1. The molecule has 1 aliphatic carbocycles. The van der Waals surface area contributed by atoms with Crippen molar-refractivity contribution in [3.8, 4) is 5.75 Å². The van der Waals surface area contributed by atoms with Crippen molar-refractivity contribution < 1.29 is 15.4 Å². The Bertz CT molecular complexity index is 1310. The van der Waals surface area contributed by atoms with Crippen LogP contribution in [0.3, 0.4) is 0 Å². The van der Waals surface area contributed by atoms with Crippen LogP contribution in [0.1, 0.15) is 60.4 Å². The molecule has 1 aromatic carbocycles. The molecule has 1 saturated carbocycles. The molecule has 0 saturated heterocycles. The molecule has 0 spiro atoms. The highest BCUT2D eigenvalue weighted by Crippen LogP contribution is 2.49. The molecule has 1 amide bonds. The molecule has 11 nitrogen and oxygen atoms in total. The van der Waals surface area contributed by atoms with E-state index in [4.69, 9.17) is 0 Å². The summed E-state index contributed by atoms with van der Waals surface area (Å²) in [5.41, 5.74) is 0.571. The number of carbonyl (C=O) groups is 1. The van der Waals surface area contributed by atoms with Crippen LogP contribution >= 0.6 is 0 Å². The van der Waals surface area contributed by atoms with E-state index in [1.54, 1.807) is 18.8 Å². The number of hydrogen-bond donors (Lipinski definition) is 3. The number of nitrogens with zero attached hydrogens (tertiary/aromatic N) is 4. The minimum atomic E-state index is -0.688. The second kappa shape index (κ2) is 9.49. The third kappa shape index (κ3) is 4.51. The van der Waals surface area contributed by atoms with E-state index >= 15 is 0 Å². The van der Waals surface area contributed by atoms with Crippen LogP contribution < -0.4 is 21.5 Å². The minimum absolute atomic E-state index is 0. The predicted octanol–water partition coefficient (Wildman–Crippen LogP) is 1.78. The fourth-order valence-corrected chi connectivity index (χ4v) is 4.80. The molecule has 1 aliphatic rings. The maximum absolute atomic E-state index is 12.6. The number of rotatable bonds is 7. The molecule has 188 valence electrons. The smallest absolute Gasteiger partial charge is 0.275 e.